The molecule has 1 fully saturated rings. The third kappa shape index (κ3) is 2.78. The Labute approximate surface area is 77.1 Å². The zero-order valence-corrected chi connectivity index (χ0v) is 9.01. The molecule has 0 amide bonds. The van der Waals surface area contributed by atoms with Crippen LogP contribution < -0.4 is 0 Å². The van der Waals surface area contributed by atoms with E-state index >= 15 is 0 Å². The molecule has 1 heteroatoms. The Morgan fingerprint density at radius 2 is 1.92 bits per heavy atom. The minimum atomic E-state index is 0.852. The predicted octanol–water partition coefficient (Wildman–Crippen LogP) is 2.76. The molecule has 0 N–H and O–H groups in total. The quantitative estimate of drug-likeness (QED) is 0.625. The molecule has 0 saturated heterocycles. The van der Waals surface area contributed by atoms with Gasteiger partial charge in [-0.05, 0) is 44.7 Å². The summed E-state index contributed by atoms with van der Waals surface area (Å²) in [6.07, 6.45) is 4.20. The molecule has 0 aromatic heterocycles. The molecule has 0 spiro atoms. The Morgan fingerprint density at radius 3 is 2.33 bits per heavy atom. The van der Waals surface area contributed by atoms with Crippen LogP contribution in [-0.2, 0) is 0 Å². The third-order valence-electron chi connectivity index (χ3n) is 3.03. The Hall–Kier alpha value is -0.0400. The van der Waals surface area contributed by atoms with Gasteiger partial charge in [0.2, 0.25) is 0 Å². The number of hydrogen-bond acceptors (Lipinski definition) is 1. The van der Waals surface area contributed by atoms with Crippen LogP contribution in [0.25, 0.3) is 0 Å². The molecule has 0 aromatic rings. The van der Waals surface area contributed by atoms with Crippen molar-refractivity contribution in [1.29, 1.82) is 0 Å². The standard InChI is InChI=1S/C11H23N/c1-9(2)5-6-12(4)11-7-10(3)8-11/h9-11H,5-8H2,1-4H3. The summed E-state index contributed by atoms with van der Waals surface area (Å²) in [7, 11) is 2.28. The molecule has 1 nitrogen and oxygen atoms in total. The van der Waals surface area contributed by atoms with E-state index in [0.29, 0.717) is 0 Å². The molecule has 1 saturated carbocycles. The van der Waals surface area contributed by atoms with Gasteiger partial charge in [0, 0.05) is 6.04 Å². The van der Waals surface area contributed by atoms with Gasteiger partial charge >= 0.3 is 0 Å². The van der Waals surface area contributed by atoms with E-state index in [-0.39, 0.29) is 0 Å². The average Bonchev–Trinajstić information content (AvgIpc) is 1.94. The van der Waals surface area contributed by atoms with Crippen molar-refractivity contribution in [2.24, 2.45) is 11.8 Å². The van der Waals surface area contributed by atoms with Crippen LogP contribution in [0.5, 0.6) is 0 Å². The fourth-order valence-electron chi connectivity index (χ4n) is 1.86. The molecule has 1 aliphatic carbocycles. The van der Waals surface area contributed by atoms with Gasteiger partial charge in [0.25, 0.3) is 0 Å². The van der Waals surface area contributed by atoms with Gasteiger partial charge in [0.15, 0.2) is 0 Å². The maximum absolute atomic E-state index is 2.54. The lowest BCUT2D eigenvalue weighted by Crippen LogP contribution is -2.42. The Balaban J connectivity index is 2.08. The molecule has 72 valence electrons. The molecule has 0 aromatic carbocycles. The Morgan fingerprint density at radius 1 is 1.33 bits per heavy atom. The number of nitrogens with zero attached hydrogens (tertiary/aromatic N) is 1. The number of rotatable bonds is 4. The minimum absolute atomic E-state index is 0.852. The highest BCUT2D eigenvalue weighted by Gasteiger charge is 2.28. The zero-order valence-electron chi connectivity index (χ0n) is 9.01. The highest BCUT2D eigenvalue weighted by molar-refractivity contribution is 4.83. The van der Waals surface area contributed by atoms with Gasteiger partial charge < -0.3 is 4.90 Å². The molecule has 1 aliphatic rings. The van der Waals surface area contributed by atoms with Crippen molar-refractivity contribution in [1.82, 2.24) is 4.90 Å². The van der Waals surface area contributed by atoms with Crippen molar-refractivity contribution in [3.8, 4) is 0 Å². The molecule has 0 unspecified atom stereocenters. The summed E-state index contributed by atoms with van der Waals surface area (Å²) in [5.74, 6) is 1.83. The van der Waals surface area contributed by atoms with E-state index in [1.165, 1.54) is 25.8 Å². The van der Waals surface area contributed by atoms with Gasteiger partial charge in [0.1, 0.15) is 0 Å². The van der Waals surface area contributed by atoms with E-state index < -0.39 is 0 Å². The van der Waals surface area contributed by atoms with Crippen LogP contribution in [0.15, 0.2) is 0 Å². The first-order valence-corrected chi connectivity index (χ1v) is 5.29. The second-order valence-electron chi connectivity index (χ2n) is 4.89. The second-order valence-corrected chi connectivity index (χ2v) is 4.89. The van der Waals surface area contributed by atoms with Gasteiger partial charge in [-0.2, -0.15) is 0 Å². The fourth-order valence-corrected chi connectivity index (χ4v) is 1.86. The summed E-state index contributed by atoms with van der Waals surface area (Å²) >= 11 is 0. The Bertz CT molecular complexity index is 125. The van der Waals surface area contributed by atoms with Crippen LogP contribution in [-0.4, -0.2) is 24.5 Å². The SMILES string of the molecule is CC(C)CCN(C)C1CC(C)C1. The van der Waals surface area contributed by atoms with Crippen LogP contribution in [0.1, 0.15) is 40.0 Å². The summed E-state index contributed by atoms with van der Waals surface area (Å²) in [5, 5.41) is 0. The van der Waals surface area contributed by atoms with Crippen LogP contribution >= 0.6 is 0 Å². The van der Waals surface area contributed by atoms with E-state index in [1.54, 1.807) is 0 Å². The maximum atomic E-state index is 2.54. The van der Waals surface area contributed by atoms with Gasteiger partial charge in [-0.15, -0.1) is 0 Å². The largest absolute Gasteiger partial charge is 0.303 e. The normalized spacial score (nSPS) is 29.5. The summed E-state index contributed by atoms with van der Waals surface area (Å²) in [4.78, 5) is 2.54. The molecule has 0 aliphatic heterocycles. The maximum Gasteiger partial charge on any atom is 0.00973 e. The third-order valence-corrected chi connectivity index (χ3v) is 3.03. The second kappa shape index (κ2) is 4.27. The van der Waals surface area contributed by atoms with Crippen LogP contribution in [0, 0.1) is 11.8 Å². The molecule has 0 atom stereocenters. The van der Waals surface area contributed by atoms with Crippen molar-refractivity contribution in [2.45, 2.75) is 46.1 Å². The summed E-state index contributed by atoms with van der Waals surface area (Å²) < 4.78 is 0. The van der Waals surface area contributed by atoms with Crippen LogP contribution in [0.3, 0.4) is 0 Å². The lowest BCUT2D eigenvalue weighted by Gasteiger charge is -2.39. The summed E-state index contributed by atoms with van der Waals surface area (Å²) in [6.45, 7) is 8.25. The fraction of sp³-hybridized carbons (Fsp3) is 1.00. The minimum Gasteiger partial charge on any atom is -0.303 e. The van der Waals surface area contributed by atoms with E-state index in [0.717, 1.165) is 17.9 Å². The molecular formula is C11H23N. The first kappa shape index (κ1) is 10.0. The van der Waals surface area contributed by atoms with Crippen molar-refractivity contribution in [3.63, 3.8) is 0 Å². The van der Waals surface area contributed by atoms with E-state index in [9.17, 15) is 0 Å². The summed E-state index contributed by atoms with van der Waals surface area (Å²) in [6, 6.07) is 0.902. The van der Waals surface area contributed by atoms with Gasteiger partial charge in [-0.3, -0.25) is 0 Å². The highest BCUT2D eigenvalue weighted by Crippen LogP contribution is 2.30. The molecule has 0 bridgehead atoms. The molecule has 0 heterocycles. The Kier molecular flexibility index (Phi) is 3.57. The van der Waals surface area contributed by atoms with Crippen molar-refractivity contribution in [3.05, 3.63) is 0 Å². The lowest BCUT2D eigenvalue weighted by molar-refractivity contribution is 0.106. The predicted molar refractivity (Wildman–Crippen MR) is 54.3 cm³/mol. The number of hydrogen-bond donors (Lipinski definition) is 0. The van der Waals surface area contributed by atoms with Gasteiger partial charge in [0.05, 0.1) is 0 Å². The van der Waals surface area contributed by atoms with Crippen molar-refractivity contribution in [2.75, 3.05) is 13.6 Å². The molecule has 12 heavy (non-hydrogen) atoms. The van der Waals surface area contributed by atoms with Gasteiger partial charge in [-0.1, -0.05) is 20.8 Å². The average molecular weight is 169 g/mol. The van der Waals surface area contributed by atoms with E-state index in [1.807, 2.05) is 0 Å². The first-order valence-electron chi connectivity index (χ1n) is 5.29. The lowest BCUT2D eigenvalue weighted by atomic mass is 9.81. The monoisotopic (exact) mass is 169 g/mol. The molecular weight excluding hydrogens is 146 g/mol. The molecule has 0 radical (unpaired) electrons. The first-order chi connectivity index (χ1) is 5.59. The van der Waals surface area contributed by atoms with Gasteiger partial charge in [-0.25, -0.2) is 0 Å². The van der Waals surface area contributed by atoms with Crippen molar-refractivity contribution >= 4 is 0 Å². The van der Waals surface area contributed by atoms with Crippen LogP contribution in [0.2, 0.25) is 0 Å². The zero-order chi connectivity index (χ0) is 9.14. The van der Waals surface area contributed by atoms with E-state index in [2.05, 4.69) is 32.7 Å². The van der Waals surface area contributed by atoms with Crippen LogP contribution in [0.4, 0.5) is 0 Å². The summed E-state index contributed by atoms with van der Waals surface area (Å²) in [5.41, 5.74) is 0. The topological polar surface area (TPSA) is 3.24 Å². The molecule has 1 rings (SSSR count). The van der Waals surface area contributed by atoms with E-state index in [4.69, 9.17) is 0 Å². The smallest absolute Gasteiger partial charge is 0.00973 e. The van der Waals surface area contributed by atoms with Crippen molar-refractivity contribution < 1.29 is 0 Å². The highest BCUT2D eigenvalue weighted by atomic mass is 15.1.